The molecular formula is C22H29NO2. The van der Waals surface area contributed by atoms with Crippen molar-refractivity contribution < 1.29 is 9.59 Å². The lowest BCUT2D eigenvalue weighted by Gasteiger charge is -2.57. The van der Waals surface area contributed by atoms with Crippen LogP contribution in [0.15, 0.2) is 27.9 Å². The Kier molecular flexibility index (Phi) is 3.92. The van der Waals surface area contributed by atoms with Crippen LogP contribution in [-0.2, 0) is 9.59 Å². The minimum Gasteiger partial charge on any atom is -0.295 e. The summed E-state index contributed by atoms with van der Waals surface area (Å²) in [4.78, 5) is 26.6. The highest BCUT2D eigenvalue weighted by Crippen LogP contribution is 2.66. The molecule has 0 N–H and O–H groups in total. The van der Waals surface area contributed by atoms with Crippen molar-refractivity contribution in [1.82, 2.24) is 0 Å². The molecule has 3 saturated carbocycles. The van der Waals surface area contributed by atoms with Gasteiger partial charge in [0.25, 0.3) is 0 Å². The molecule has 0 aromatic carbocycles. The minimum absolute atomic E-state index is 0.202. The molecule has 0 aromatic heterocycles. The van der Waals surface area contributed by atoms with Crippen molar-refractivity contribution in [3.63, 3.8) is 0 Å². The molecule has 4 rings (SSSR count). The Bertz CT molecular complexity index is 726. The van der Waals surface area contributed by atoms with Crippen LogP contribution in [0, 0.1) is 28.6 Å². The maximum atomic E-state index is 11.9. The highest BCUT2D eigenvalue weighted by atomic mass is 16.1. The van der Waals surface area contributed by atoms with Crippen LogP contribution in [0.25, 0.3) is 0 Å². The van der Waals surface area contributed by atoms with E-state index in [9.17, 15) is 9.59 Å². The molecule has 25 heavy (non-hydrogen) atoms. The van der Waals surface area contributed by atoms with Crippen LogP contribution in [0.4, 0.5) is 0 Å². The molecule has 134 valence electrons. The summed E-state index contributed by atoms with van der Waals surface area (Å²) in [6.07, 6.45) is 12.6. The van der Waals surface area contributed by atoms with Crippen LogP contribution in [0.2, 0.25) is 0 Å². The molecule has 0 amide bonds. The number of fused-ring (bicyclic) bond motifs is 5. The largest absolute Gasteiger partial charge is 0.295 e. The Morgan fingerprint density at radius 1 is 1.08 bits per heavy atom. The van der Waals surface area contributed by atoms with E-state index in [1.807, 2.05) is 13.0 Å². The molecule has 0 aromatic rings. The summed E-state index contributed by atoms with van der Waals surface area (Å²) in [6.45, 7) is 6.83. The van der Waals surface area contributed by atoms with Gasteiger partial charge < -0.3 is 0 Å². The van der Waals surface area contributed by atoms with Crippen molar-refractivity contribution >= 4 is 11.9 Å². The number of rotatable bonds is 1. The van der Waals surface area contributed by atoms with Crippen molar-refractivity contribution in [2.45, 2.75) is 72.1 Å². The molecule has 3 fully saturated rings. The quantitative estimate of drug-likeness (QED) is 0.491. The SMILES string of the molecule is CC(N=C=O)=C1CC[C@H]2[C@@H]3CCC4=CC(=O)CC[C@]4(C)[C@H]3CC[C@]12C. The number of nitrogens with zero attached hydrogens (tertiary/aromatic N) is 1. The molecule has 0 saturated heterocycles. The summed E-state index contributed by atoms with van der Waals surface area (Å²) in [6, 6.07) is 0. The van der Waals surface area contributed by atoms with Gasteiger partial charge in [-0.2, -0.15) is 4.99 Å². The van der Waals surface area contributed by atoms with Crippen molar-refractivity contribution in [3.05, 3.63) is 22.9 Å². The molecule has 3 nitrogen and oxygen atoms in total. The Morgan fingerprint density at radius 2 is 1.84 bits per heavy atom. The first-order chi connectivity index (χ1) is 11.9. The summed E-state index contributed by atoms with van der Waals surface area (Å²) < 4.78 is 0. The summed E-state index contributed by atoms with van der Waals surface area (Å²) >= 11 is 0. The zero-order chi connectivity index (χ0) is 17.8. The van der Waals surface area contributed by atoms with Gasteiger partial charge in [0.15, 0.2) is 5.78 Å². The van der Waals surface area contributed by atoms with Gasteiger partial charge in [-0.3, -0.25) is 4.79 Å². The van der Waals surface area contributed by atoms with E-state index < -0.39 is 0 Å². The maximum Gasteiger partial charge on any atom is 0.240 e. The van der Waals surface area contributed by atoms with Gasteiger partial charge >= 0.3 is 0 Å². The lowest BCUT2D eigenvalue weighted by atomic mass is 9.47. The number of carbonyl (C=O) groups excluding carboxylic acids is 2. The zero-order valence-electron chi connectivity index (χ0n) is 15.7. The van der Waals surface area contributed by atoms with Crippen molar-refractivity contribution in [1.29, 1.82) is 0 Å². The Morgan fingerprint density at radius 3 is 2.60 bits per heavy atom. The average Bonchev–Trinajstić information content (AvgIpc) is 2.93. The molecule has 0 aliphatic heterocycles. The molecular weight excluding hydrogens is 310 g/mol. The van der Waals surface area contributed by atoms with E-state index in [1.54, 1.807) is 6.08 Å². The first-order valence-corrected chi connectivity index (χ1v) is 9.92. The van der Waals surface area contributed by atoms with Gasteiger partial charge in [-0.05, 0) is 92.1 Å². The highest BCUT2D eigenvalue weighted by molar-refractivity contribution is 5.91. The van der Waals surface area contributed by atoms with Crippen molar-refractivity contribution in [2.24, 2.45) is 33.6 Å². The van der Waals surface area contributed by atoms with Gasteiger partial charge in [0.1, 0.15) is 0 Å². The fourth-order valence-corrected chi connectivity index (χ4v) is 7.10. The minimum atomic E-state index is 0.202. The van der Waals surface area contributed by atoms with E-state index in [4.69, 9.17) is 0 Å². The molecule has 0 spiro atoms. The number of isocyanates is 1. The number of aliphatic imine (C=N–C) groups is 1. The molecule has 0 heterocycles. The normalized spacial score (nSPS) is 44.8. The van der Waals surface area contributed by atoms with E-state index in [0.29, 0.717) is 17.6 Å². The third kappa shape index (κ3) is 2.35. The Hall–Kier alpha value is -1.47. The second kappa shape index (κ2) is 5.77. The van der Waals surface area contributed by atoms with Crippen LogP contribution < -0.4 is 0 Å². The molecule has 4 aliphatic carbocycles. The summed E-state index contributed by atoms with van der Waals surface area (Å²) in [7, 11) is 0. The Balaban J connectivity index is 1.69. The fourth-order valence-electron chi connectivity index (χ4n) is 7.10. The predicted octanol–water partition coefficient (Wildman–Crippen LogP) is 5.13. The number of carbonyl (C=O) groups is 1. The Labute approximate surface area is 150 Å². The van der Waals surface area contributed by atoms with Crippen molar-refractivity contribution in [3.8, 4) is 0 Å². The van der Waals surface area contributed by atoms with Gasteiger partial charge in [-0.15, -0.1) is 0 Å². The summed E-state index contributed by atoms with van der Waals surface area (Å²) in [5.41, 5.74) is 4.19. The summed E-state index contributed by atoms with van der Waals surface area (Å²) in [5, 5.41) is 0. The highest BCUT2D eigenvalue weighted by Gasteiger charge is 2.57. The molecule has 4 aliphatic rings. The van der Waals surface area contributed by atoms with Crippen LogP contribution in [0.3, 0.4) is 0 Å². The molecule has 0 unspecified atom stereocenters. The van der Waals surface area contributed by atoms with Crippen LogP contribution in [-0.4, -0.2) is 11.9 Å². The number of hydrogen-bond donors (Lipinski definition) is 0. The standard InChI is InChI=1S/C22H29NO2/c1-14(23-13-24)18-6-7-19-17-5-4-15-12-16(25)8-10-21(15,2)20(17)9-11-22(18,19)3/h12,17,19-20H,4-11H2,1-3H3/t17-,19-,20-,21-,22+/m0/s1. The van der Waals surface area contributed by atoms with Gasteiger partial charge in [0.2, 0.25) is 6.08 Å². The molecule has 0 radical (unpaired) electrons. The molecule has 5 atom stereocenters. The van der Waals surface area contributed by atoms with E-state index in [2.05, 4.69) is 18.8 Å². The average molecular weight is 339 g/mol. The van der Waals surface area contributed by atoms with E-state index >= 15 is 0 Å². The second-order valence-electron chi connectivity index (χ2n) is 9.23. The smallest absolute Gasteiger partial charge is 0.240 e. The predicted molar refractivity (Wildman–Crippen MR) is 97.5 cm³/mol. The van der Waals surface area contributed by atoms with Gasteiger partial charge in [-0.25, -0.2) is 4.79 Å². The third-order valence-electron chi connectivity index (χ3n) is 8.40. The lowest BCUT2D eigenvalue weighted by molar-refractivity contribution is -0.117. The fraction of sp³-hybridized carbons (Fsp3) is 0.727. The van der Waals surface area contributed by atoms with Gasteiger partial charge in [-0.1, -0.05) is 19.4 Å². The first-order valence-electron chi connectivity index (χ1n) is 9.92. The van der Waals surface area contributed by atoms with E-state index in [0.717, 1.165) is 37.3 Å². The molecule has 3 heteroatoms. The monoisotopic (exact) mass is 339 g/mol. The number of hydrogen-bond acceptors (Lipinski definition) is 3. The topological polar surface area (TPSA) is 46.5 Å². The van der Waals surface area contributed by atoms with E-state index in [1.165, 1.54) is 36.8 Å². The first kappa shape index (κ1) is 17.0. The second-order valence-corrected chi connectivity index (χ2v) is 9.23. The lowest BCUT2D eigenvalue weighted by Crippen LogP contribution is -2.49. The van der Waals surface area contributed by atoms with Crippen LogP contribution in [0.1, 0.15) is 72.1 Å². The van der Waals surface area contributed by atoms with Gasteiger partial charge in [0.05, 0.1) is 5.70 Å². The van der Waals surface area contributed by atoms with E-state index in [-0.39, 0.29) is 10.8 Å². The maximum absolute atomic E-state index is 11.9. The zero-order valence-corrected chi connectivity index (χ0v) is 15.7. The van der Waals surface area contributed by atoms with Crippen molar-refractivity contribution in [2.75, 3.05) is 0 Å². The molecule has 0 bridgehead atoms. The van der Waals surface area contributed by atoms with Crippen LogP contribution in [0.5, 0.6) is 0 Å². The van der Waals surface area contributed by atoms with Gasteiger partial charge in [0, 0.05) is 6.42 Å². The number of ketones is 1. The number of allylic oxidation sites excluding steroid dienone is 3. The summed E-state index contributed by atoms with van der Waals surface area (Å²) in [5.74, 6) is 2.50. The van der Waals surface area contributed by atoms with Crippen LogP contribution >= 0.6 is 0 Å². The third-order valence-corrected chi connectivity index (χ3v) is 8.40.